The van der Waals surface area contributed by atoms with Crippen molar-refractivity contribution in [2.45, 2.75) is 32.6 Å². The number of likely N-dealkylation sites (tertiary alicyclic amines) is 1. The van der Waals surface area contributed by atoms with Crippen LogP contribution in [0.15, 0.2) is 22.6 Å². The molecule has 1 saturated heterocycles. The zero-order valence-electron chi connectivity index (χ0n) is 15.2. The second-order valence-electron chi connectivity index (χ2n) is 6.22. The highest BCUT2D eigenvalue weighted by Crippen LogP contribution is 2.36. The zero-order valence-corrected chi connectivity index (χ0v) is 15.2. The van der Waals surface area contributed by atoms with E-state index >= 15 is 0 Å². The monoisotopic (exact) mass is 344 g/mol. The Balaban J connectivity index is 1.79. The molecule has 6 heteroatoms. The van der Waals surface area contributed by atoms with Crippen LogP contribution in [0.3, 0.4) is 0 Å². The van der Waals surface area contributed by atoms with Gasteiger partial charge in [-0.15, -0.1) is 0 Å². The fourth-order valence-corrected chi connectivity index (χ4v) is 3.30. The summed E-state index contributed by atoms with van der Waals surface area (Å²) in [6, 6.07) is 5.78. The van der Waals surface area contributed by atoms with Gasteiger partial charge < -0.3 is 18.8 Å². The van der Waals surface area contributed by atoms with Gasteiger partial charge in [0.1, 0.15) is 11.5 Å². The Morgan fingerprint density at radius 2 is 2.16 bits per heavy atom. The van der Waals surface area contributed by atoms with Gasteiger partial charge in [0, 0.05) is 31.0 Å². The molecule has 0 radical (unpaired) electrons. The van der Waals surface area contributed by atoms with Gasteiger partial charge in [-0.3, -0.25) is 4.79 Å². The van der Waals surface area contributed by atoms with Gasteiger partial charge in [0.2, 0.25) is 5.76 Å². The molecule has 0 aliphatic carbocycles. The molecule has 1 aromatic heterocycles. The summed E-state index contributed by atoms with van der Waals surface area (Å²) in [5.41, 5.74) is 1.73. The number of amides is 1. The van der Waals surface area contributed by atoms with Crippen LogP contribution in [0, 0.1) is 6.92 Å². The highest BCUT2D eigenvalue weighted by Gasteiger charge is 2.32. The van der Waals surface area contributed by atoms with Crippen molar-refractivity contribution >= 4 is 5.91 Å². The summed E-state index contributed by atoms with van der Waals surface area (Å²) in [6.07, 6.45) is 1.56. The topological polar surface area (TPSA) is 64.8 Å². The number of hydrogen-bond donors (Lipinski definition) is 0. The zero-order chi connectivity index (χ0) is 18.0. The van der Waals surface area contributed by atoms with Crippen molar-refractivity contribution in [1.82, 2.24) is 9.88 Å². The molecule has 6 nitrogen and oxygen atoms in total. The van der Waals surface area contributed by atoms with Crippen LogP contribution in [0.4, 0.5) is 0 Å². The number of benzene rings is 1. The third kappa shape index (κ3) is 3.34. The van der Waals surface area contributed by atoms with E-state index in [-0.39, 0.29) is 11.8 Å². The molecule has 25 heavy (non-hydrogen) atoms. The normalized spacial score (nSPS) is 17.0. The maximum atomic E-state index is 12.8. The van der Waals surface area contributed by atoms with Crippen molar-refractivity contribution in [3.63, 3.8) is 0 Å². The van der Waals surface area contributed by atoms with E-state index in [1.54, 1.807) is 14.2 Å². The third-order valence-electron chi connectivity index (χ3n) is 4.69. The van der Waals surface area contributed by atoms with Crippen LogP contribution in [0.1, 0.15) is 47.0 Å². The Kier molecular flexibility index (Phi) is 4.97. The highest BCUT2D eigenvalue weighted by atomic mass is 16.5. The van der Waals surface area contributed by atoms with Crippen LogP contribution in [-0.4, -0.2) is 43.1 Å². The van der Waals surface area contributed by atoms with E-state index in [9.17, 15) is 4.79 Å². The molecule has 1 amide bonds. The second-order valence-corrected chi connectivity index (χ2v) is 6.22. The van der Waals surface area contributed by atoms with Gasteiger partial charge in [-0.1, -0.05) is 6.92 Å². The quantitative estimate of drug-likeness (QED) is 0.833. The average Bonchev–Trinajstić information content (AvgIpc) is 3.27. The van der Waals surface area contributed by atoms with Crippen LogP contribution < -0.4 is 9.47 Å². The van der Waals surface area contributed by atoms with E-state index in [2.05, 4.69) is 4.98 Å². The van der Waals surface area contributed by atoms with E-state index in [1.165, 1.54) is 0 Å². The lowest BCUT2D eigenvalue weighted by Gasteiger charge is -2.18. The SMILES string of the molecule is CCc1nc(C)c(C(=O)N2CC[C@H](c3cc(OC)ccc3OC)C2)o1. The van der Waals surface area contributed by atoms with Gasteiger partial charge in [-0.05, 0) is 31.5 Å². The number of carbonyl (C=O) groups is 1. The second kappa shape index (κ2) is 7.17. The Morgan fingerprint density at radius 3 is 2.80 bits per heavy atom. The first-order valence-corrected chi connectivity index (χ1v) is 8.54. The minimum atomic E-state index is -0.0888. The van der Waals surface area contributed by atoms with Crippen LogP contribution in [0.25, 0.3) is 0 Å². The first kappa shape index (κ1) is 17.3. The predicted octanol–water partition coefficient (Wildman–Crippen LogP) is 3.19. The summed E-state index contributed by atoms with van der Waals surface area (Å²) < 4.78 is 16.4. The molecule has 1 aliphatic heterocycles. The Labute approximate surface area is 147 Å². The predicted molar refractivity (Wildman–Crippen MR) is 93.4 cm³/mol. The van der Waals surface area contributed by atoms with E-state index in [4.69, 9.17) is 13.9 Å². The van der Waals surface area contributed by atoms with E-state index in [1.807, 2.05) is 36.9 Å². The average molecular weight is 344 g/mol. The maximum Gasteiger partial charge on any atom is 0.291 e. The summed E-state index contributed by atoms with van der Waals surface area (Å²) in [5.74, 6) is 2.70. The Hall–Kier alpha value is -2.50. The lowest BCUT2D eigenvalue weighted by Crippen LogP contribution is -2.28. The molecule has 0 unspecified atom stereocenters. The first-order valence-electron chi connectivity index (χ1n) is 8.54. The molecule has 0 saturated carbocycles. The lowest BCUT2D eigenvalue weighted by atomic mass is 9.97. The molecule has 0 N–H and O–H groups in total. The number of oxazole rings is 1. The fraction of sp³-hybridized carbons (Fsp3) is 0.474. The van der Waals surface area contributed by atoms with Crippen LogP contribution >= 0.6 is 0 Å². The van der Waals surface area contributed by atoms with Crippen molar-refractivity contribution in [1.29, 1.82) is 0 Å². The van der Waals surface area contributed by atoms with Crippen LogP contribution in [0.2, 0.25) is 0 Å². The van der Waals surface area contributed by atoms with Crippen molar-refractivity contribution < 1.29 is 18.7 Å². The standard InChI is InChI=1S/C19H24N2O4/c1-5-17-20-12(2)18(25-17)19(22)21-9-8-13(11-21)15-10-14(23-3)6-7-16(15)24-4/h6-7,10,13H,5,8-9,11H2,1-4H3/t13-/m0/s1. The number of aryl methyl sites for hydroxylation is 2. The molecule has 134 valence electrons. The van der Waals surface area contributed by atoms with E-state index < -0.39 is 0 Å². The molecule has 1 fully saturated rings. The van der Waals surface area contributed by atoms with E-state index in [0.29, 0.717) is 36.9 Å². The van der Waals surface area contributed by atoms with Gasteiger partial charge in [0.25, 0.3) is 5.91 Å². The molecule has 2 aromatic rings. The summed E-state index contributed by atoms with van der Waals surface area (Å²) in [5, 5.41) is 0. The highest BCUT2D eigenvalue weighted by molar-refractivity contribution is 5.92. The number of nitrogens with zero attached hydrogens (tertiary/aromatic N) is 2. The number of hydrogen-bond acceptors (Lipinski definition) is 5. The Bertz CT molecular complexity index is 769. The summed E-state index contributed by atoms with van der Waals surface area (Å²) in [7, 11) is 3.31. The summed E-state index contributed by atoms with van der Waals surface area (Å²) >= 11 is 0. The van der Waals surface area contributed by atoms with E-state index in [0.717, 1.165) is 23.5 Å². The van der Waals surface area contributed by atoms with Crippen LogP contribution in [0.5, 0.6) is 11.5 Å². The van der Waals surface area contributed by atoms with Crippen LogP contribution in [-0.2, 0) is 6.42 Å². The number of methoxy groups -OCH3 is 2. The third-order valence-corrected chi connectivity index (χ3v) is 4.69. The fourth-order valence-electron chi connectivity index (χ4n) is 3.30. The van der Waals surface area contributed by atoms with Crippen molar-refractivity contribution in [3.05, 3.63) is 41.1 Å². The molecule has 2 heterocycles. The van der Waals surface area contributed by atoms with Gasteiger partial charge in [0.05, 0.1) is 19.9 Å². The molecule has 0 spiro atoms. The smallest absolute Gasteiger partial charge is 0.291 e. The van der Waals surface area contributed by atoms with Crippen molar-refractivity contribution in [2.24, 2.45) is 0 Å². The number of aromatic nitrogens is 1. The molecular weight excluding hydrogens is 320 g/mol. The molecular formula is C19H24N2O4. The van der Waals surface area contributed by atoms with Gasteiger partial charge in [0.15, 0.2) is 5.89 Å². The number of rotatable bonds is 5. The largest absolute Gasteiger partial charge is 0.497 e. The van der Waals surface area contributed by atoms with Gasteiger partial charge in [-0.25, -0.2) is 4.98 Å². The molecule has 3 rings (SSSR count). The maximum absolute atomic E-state index is 12.8. The number of ether oxygens (including phenoxy) is 2. The van der Waals surface area contributed by atoms with Gasteiger partial charge >= 0.3 is 0 Å². The molecule has 1 atom stereocenters. The lowest BCUT2D eigenvalue weighted by molar-refractivity contribution is 0.0756. The summed E-state index contributed by atoms with van der Waals surface area (Å²) in [6.45, 7) is 5.09. The molecule has 0 bridgehead atoms. The van der Waals surface area contributed by atoms with Gasteiger partial charge in [-0.2, -0.15) is 0 Å². The minimum Gasteiger partial charge on any atom is -0.497 e. The van der Waals surface area contributed by atoms with Crippen molar-refractivity contribution in [3.8, 4) is 11.5 Å². The molecule has 1 aliphatic rings. The first-order chi connectivity index (χ1) is 12.1. The van der Waals surface area contributed by atoms with Crippen molar-refractivity contribution in [2.75, 3.05) is 27.3 Å². The number of carbonyl (C=O) groups excluding carboxylic acids is 1. The molecule has 1 aromatic carbocycles. The Morgan fingerprint density at radius 1 is 1.36 bits per heavy atom. The minimum absolute atomic E-state index is 0.0888. The summed E-state index contributed by atoms with van der Waals surface area (Å²) in [4.78, 5) is 18.9.